The highest BCUT2D eigenvalue weighted by Crippen LogP contribution is 2.31. The van der Waals surface area contributed by atoms with Gasteiger partial charge in [-0.25, -0.2) is 4.39 Å². The molecule has 0 heterocycles. The van der Waals surface area contributed by atoms with Crippen LogP contribution in [0.5, 0.6) is 0 Å². The summed E-state index contributed by atoms with van der Waals surface area (Å²) in [7, 11) is 0. The highest BCUT2D eigenvalue weighted by atomic mass is 19.3. The van der Waals surface area contributed by atoms with Gasteiger partial charge in [-0.2, -0.15) is 17.6 Å². The lowest BCUT2D eigenvalue weighted by atomic mass is 9.94. The van der Waals surface area contributed by atoms with E-state index in [4.69, 9.17) is 0 Å². The van der Waals surface area contributed by atoms with E-state index in [9.17, 15) is 22.0 Å². The molecule has 0 aliphatic rings. The maximum Gasteiger partial charge on any atom is 0.306 e. The van der Waals surface area contributed by atoms with E-state index < -0.39 is 18.0 Å². The lowest BCUT2D eigenvalue weighted by Crippen LogP contribution is -1.90. The molecule has 0 aromatic heterocycles. The van der Waals surface area contributed by atoms with Crippen LogP contribution in [-0.4, -0.2) is 0 Å². The average molecular weight is 324 g/mol. The Morgan fingerprint density at radius 2 is 1.35 bits per heavy atom. The van der Waals surface area contributed by atoms with Crippen LogP contribution in [0.15, 0.2) is 48.6 Å². The van der Waals surface area contributed by atoms with Crippen LogP contribution < -0.4 is 0 Å². The molecule has 0 fully saturated rings. The molecule has 0 bridgehead atoms. The smallest absolute Gasteiger partial charge is 0.200 e. The van der Waals surface area contributed by atoms with Crippen molar-refractivity contribution < 1.29 is 22.0 Å². The second kappa shape index (κ2) is 6.77. The van der Waals surface area contributed by atoms with E-state index in [1.54, 1.807) is 32.0 Å². The Morgan fingerprint density at radius 1 is 0.783 bits per heavy atom. The van der Waals surface area contributed by atoms with E-state index in [1.807, 2.05) is 0 Å². The summed E-state index contributed by atoms with van der Waals surface area (Å²) < 4.78 is 62.5. The number of hydrogen-bond donors (Lipinski definition) is 0. The maximum absolute atomic E-state index is 13.3. The molecule has 2 aromatic carbocycles. The second-order valence-corrected chi connectivity index (χ2v) is 5.11. The maximum atomic E-state index is 13.3. The highest BCUT2D eigenvalue weighted by Gasteiger charge is 2.12. The summed E-state index contributed by atoms with van der Waals surface area (Å²) in [6.07, 6.45) is -3.39. The Hall–Kier alpha value is -2.43. The molecular weight excluding hydrogens is 311 g/mol. The zero-order chi connectivity index (χ0) is 17.1. The number of halogens is 5. The van der Waals surface area contributed by atoms with Crippen molar-refractivity contribution in [2.45, 2.75) is 13.8 Å². The highest BCUT2D eigenvalue weighted by molar-refractivity contribution is 5.74. The van der Waals surface area contributed by atoms with Crippen LogP contribution in [-0.2, 0) is 0 Å². The molecule has 0 N–H and O–H groups in total. The third-order valence-corrected chi connectivity index (χ3v) is 3.46. The van der Waals surface area contributed by atoms with Crippen LogP contribution in [0.2, 0.25) is 0 Å². The summed E-state index contributed by atoms with van der Waals surface area (Å²) in [6.45, 7) is 3.44. The molecule has 0 atom stereocenters. The molecule has 0 radical (unpaired) electrons. The first-order chi connectivity index (χ1) is 10.8. The van der Waals surface area contributed by atoms with Crippen LogP contribution in [0.25, 0.3) is 23.0 Å². The predicted octanol–water partition coefficient (Wildman–Crippen LogP) is 6.74. The topological polar surface area (TPSA) is 0 Å². The van der Waals surface area contributed by atoms with Crippen molar-refractivity contribution in [3.05, 3.63) is 70.8 Å². The van der Waals surface area contributed by atoms with E-state index in [1.165, 1.54) is 18.2 Å². The summed E-state index contributed by atoms with van der Waals surface area (Å²) >= 11 is 0. The van der Waals surface area contributed by atoms with Gasteiger partial charge in [0.25, 0.3) is 6.08 Å². The van der Waals surface area contributed by atoms with Gasteiger partial charge in [-0.3, -0.25) is 0 Å². The van der Waals surface area contributed by atoms with E-state index in [0.29, 0.717) is 11.1 Å². The van der Waals surface area contributed by atoms with Gasteiger partial charge >= 0.3 is 6.08 Å². The van der Waals surface area contributed by atoms with Crippen LogP contribution in [0.3, 0.4) is 0 Å². The zero-order valence-electron chi connectivity index (χ0n) is 12.4. The molecule has 0 spiro atoms. The second-order valence-electron chi connectivity index (χ2n) is 5.11. The summed E-state index contributed by atoms with van der Waals surface area (Å²) in [5.74, 6) is -1.55. The lowest BCUT2D eigenvalue weighted by Gasteiger charge is -2.11. The molecule has 5 heteroatoms. The Morgan fingerprint density at radius 3 is 1.83 bits per heavy atom. The molecule has 2 aromatic rings. The van der Waals surface area contributed by atoms with Crippen molar-refractivity contribution in [1.82, 2.24) is 0 Å². The Bertz CT molecular complexity index is 795. The first-order valence-corrected chi connectivity index (χ1v) is 6.75. The van der Waals surface area contributed by atoms with Crippen molar-refractivity contribution in [3.63, 3.8) is 0 Å². The summed E-state index contributed by atoms with van der Waals surface area (Å²) in [6, 6.07) is 8.96. The number of benzene rings is 2. The van der Waals surface area contributed by atoms with E-state index >= 15 is 0 Å². The van der Waals surface area contributed by atoms with Gasteiger partial charge in [0.15, 0.2) is 5.83 Å². The van der Waals surface area contributed by atoms with Gasteiger partial charge in [0, 0.05) is 11.6 Å². The first kappa shape index (κ1) is 16.9. The van der Waals surface area contributed by atoms with Crippen molar-refractivity contribution in [1.29, 1.82) is 0 Å². The summed E-state index contributed by atoms with van der Waals surface area (Å²) in [4.78, 5) is 0. The summed E-state index contributed by atoms with van der Waals surface area (Å²) in [5, 5.41) is 0. The standard InChI is InChI=1S/C18H13F5/c1-10-7-12(9-16(19)20)3-5-14(10)15-6-4-13(8-11(15)2)17(21)18(22)23/h3-9H,1-2H3. The minimum absolute atomic E-state index is 0.192. The molecule has 0 aliphatic carbocycles. The molecule has 0 amide bonds. The normalized spacial score (nSPS) is 10.4. The zero-order valence-corrected chi connectivity index (χ0v) is 12.4. The minimum atomic E-state index is -2.36. The van der Waals surface area contributed by atoms with Crippen LogP contribution in [0, 0.1) is 13.8 Å². The van der Waals surface area contributed by atoms with Gasteiger partial charge in [0.1, 0.15) is 0 Å². The number of aryl methyl sites for hydroxylation is 2. The Balaban J connectivity index is 2.47. The number of hydrogen-bond acceptors (Lipinski definition) is 0. The molecule has 23 heavy (non-hydrogen) atoms. The SMILES string of the molecule is Cc1cc(C=C(F)F)ccc1-c1ccc(C(F)=C(F)F)cc1C. The van der Waals surface area contributed by atoms with Crippen molar-refractivity contribution >= 4 is 11.9 Å². The van der Waals surface area contributed by atoms with Crippen LogP contribution in [0.4, 0.5) is 22.0 Å². The molecule has 0 saturated carbocycles. The average Bonchev–Trinajstić information content (AvgIpc) is 2.46. The molecule has 0 aliphatic heterocycles. The molecule has 0 unspecified atom stereocenters. The molecule has 0 nitrogen and oxygen atoms in total. The fourth-order valence-electron chi connectivity index (χ4n) is 2.42. The van der Waals surface area contributed by atoms with Crippen LogP contribution >= 0.6 is 0 Å². The van der Waals surface area contributed by atoms with Gasteiger partial charge in [-0.15, -0.1) is 0 Å². The van der Waals surface area contributed by atoms with Gasteiger partial charge in [0.05, 0.1) is 0 Å². The lowest BCUT2D eigenvalue weighted by molar-refractivity contribution is 0.410. The van der Waals surface area contributed by atoms with Gasteiger partial charge in [-0.1, -0.05) is 30.3 Å². The monoisotopic (exact) mass is 324 g/mol. The Kier molecular flexibility index (Phi) is 4.98. The third kappa shape index (κ3) is 3.86. The fourth-order valence-corrected chi connectivity index (χ4v) is 2.42. The van der Waals surface area contributed by atoms with E-state index in [0.717, 1.165) is 22.8 Å². The molecular formula is C18H13F5. The third-order valence-electron chi connectivity index (χ3n) is 3.46. The van der Waals surface area contributed by atoms with Crippen molar-refractivity contribution in [2.75, 3.05) is 0 Å². The van der Waals surface area contributed by atoms with Gasteiger partial charge in [0.2, 0.25) is 0 Å². The number of rotatable bonds is 3. The van der Waals surface area contributed by atoms with Gasteiger partial charge in [-0.05, 0) is 47.7 Å². The Labute approximate surface area is 130 Å². The van der Waals surface area contributed by atoms with Crippen molar-refractivity contribution in [3.8, 4) is 11.1 Å². The molecule has 120 valence electrons. The van der Waals surface area contributed by atoms with E-state index in [2.05, 4.69) is 0 Å². The van der Waals surface area contributed by atoms with E-state index in [-0.39, 0.29) is 5.56 Å². The predicted molar refractivity (Wildman–Crippen MR) is 81.8 cm³/mol. The summed E-state index contributed by atoms with van der Waals surface area (Å²) in [5.41, 5.74) is 3.05. The fraction of sp³-hybridized carbons (Fsp3) is 0.111. The first-order valence-electron chi connectivity index (χ1n) is 6.75. The molecule has 0 saturated heterocycles. The minimum Gasteiger partial charge on any atom is -0.200 e. The van der Waals surface area contributed by atoms with Crippen LogP contribution in [0.1, 0.15) is 22.3 Å². The largest absolute Gasteiger partial charge is 0.306 e. The molecule has 2 rings (SSSR count). The van der Waals surface area contributed by atoms with Crippen molar-refractivity contribution in [2.24, 2.45) is 0 Å². The quantitative estimate of drug-likeness (QED) is 0.548. The van der Waals surface area contributed by atoms with Gasteiger partial charge < -0.3 is 0 Å².